The van der Waals surface area contributed by atoms with Gasteiger partial charge in [-0.05, 0) is 57.7 Å². The van der Waals surface area contributed by atoms with Gasteiger partial charge in [-0.1, -0.05) is 0 Å². The van der Waals surface area contributed by atoms with Crippen LogP contribution in [0.3, 0.4) is 0 Å². The maximum absolute atomic E-state index is 13.3. The van der Waals surface area contributed by atoms with Crippen LogP contribution < -0.4 is 15.0 Å². The van der Waals surface area contributed by atoms with Gasteiger partial charge in [0.1, 0.15) is 11.4 Å². The largest absolute Gasteiger partial charge is 0.495 e. The summed E-state index contributed by atoms with van der Waals surface area (Å²) in [6.45, 7) is 11.1. The second-order valence-electron chi connectivity index (χ2n) is 11.1. The molecule has 0 spiro atoms. The number of likely N-dealkylation sites (tertiary alicyclic amines) is 1. The molecule has 0 aromatic heterocycles. The minimum absolute atomic E-state index is 0.0770. The van der Waals surface area contributed by atoms with E-state index < -0.39 is 11.6 Å². The maximum atomic E-state index is 13.3. The fraction of sp³-hybridized carbons (Fsp3) is 0.630. The molecule has 38 heavy (non-hydrogen) atoms. The molecule has 0 radical (unpaired) electrons. The van der Waals surface area contributed by atoms with Gasteiger partial charge in [0.2, 0.25) is 5.91 Å². The highest BCUT2D eigenvalue weighted by Crippen LogP contribution is 2.31. The van der Waals surface area contributed by atoms with E-state index in [0.29, 0.717) is 49.1 Å². The van der Waals surface area contributed by atoms with Crippen molar-refractivity contribution in [1.29, 1.82) is 0 Å². The van der Waals surface area contributed by atoms with Crippen LogP contribution in [-0.4, -0.2) is 104 Å². The third-order valence-electron chi connectivity index (χ3n) is 7.21. The monoisotopic (exact) mass is 529 g/mol. The van der Waals surface area contributed by atoms with E-state index in [9.17, 15) is 19.2 Å². The predicted octanol–water partition coefficient (Wildman–Crippen LogP) is 2.55. The van der Waals surface area contributed by atoms with Crippen LogP contribution in [-0.2, 0) is 9.53 Å². The number of piperazine rings is 1. The third kappa shape index (κ3) is 6.75. The van der Waals surface area contributed by atoms with Crippen LogP contribution in [0.2, 0.25) is 0 Å². The Bertz CT molecular complexity index is 1050. The van der Waals surface area contributed by atoms with Crippen molar-refractivity contribution in [2.24, 2.45) is 5.92 Å². The fourth-order valence-electron chi connectivity index (χ4n) is 5.13. The van der Waals surface area contributed by atoms with Gasteiger partial charge in [0.15, 0.2) is 0 Å². The van der Waals surface area contributed by atoms with Crippen LogP contribution in [0, 0.1) is 5.92 Å². The molecule has 1 aromatic rings. The summed E-state index contributed by atoms with van der Waals surface area (Å²) in [5.41, 5.74) is 0.473. The Balaban J connectivity index is 1.28. The number of carbonyl (C=O) groups is 4. The minimum Gasteiger partial charge on any atom is -0.495 e. The third-order valence-corrected chi connectivity index (χ3v) is 7.21. The number of hydrogen-bond acceptors (Lipinski definition) is 7. The molecule has 0 aliphatic carbocycles. The molecular weight excluding hydrogens is 490 g/mol. The van der Waals surface area contributed by atoms with Crippen molar-refractivity contribution in [2.45, 2.75) is 45.6 Å². The second kappa shape index (κ2) is 11.6. The average molecular weight is 530 g/mol. The number of imide groups is 1. The number of urea groups is 1. The van der Waals surface area contributed by atoms with Gasteiger partial charge in [0.05, 0.1) is 12.8 Å². The van der Waals surface area contributed by atoms with E-state index in [1.165, 1.54) is 12.0 Å². The quantitative estimate of drug-likeness (QED) is 0.624. The summed E-state index contributed by atoms with van der Waals surface area (Å²) in [4.78, 5) is 57.0. The smallest absolute Gasteiger partial charge is 0.410 e. The lowest BCUT2D eigenvalue weighted by molar-refractivity contribution is -0.120. The van der Waals surface area contributed by atoms with Crippen molar-refractivity contribution in [1.82, 2.24) is 20.0 Å². The lowest BCUT2D eigenvalue weighted by Gasteiger charge is -2.39. The second-order valence-corrected chi connectivity index (χ2v) is 11.1. The topological polar surface area (TPSA) is 112 Å². The Hall–Kier alpha value is -3.34. The molecule has 4 rings (SSSR count). The van der Waals surface area contributed by atoms with Crippen LogP contribution >= 0.6 is 0 Å². The maximum Gasteiger partial charge on any atom is 0.410 e. The van der Waals surface area contributed by atoms with Gasteiger partial charge in [0.25, 0.3) is 5.91 Å². The molecule has 11 heteroatoms. The van der Waals surface area contributed by atoms with Crippen LogP contribution in [0.4, 0.5) is 15.3 Å². The van der Waals surface area contributed by atoms with Gasteiger partial charge in [-0.3, -0.25) is 24.7 Å². The molecule has 11 nitrogen and oxygen atoms in total. The average Bonchev–Trinajstić information content (AvgIpc) is 2.88. The Kier molecular flexibility index (Phi) is 8.44. The summed E-state index contributed by atoms with van der Waals surface area (Å²) in [7, 11) is 1.51. The zero-order valence-electron chi connectivity index (χ0n) is 22.8. The van der Waals surface area contributed by atoms with Gasteiger partial charge in [0, 0.05) is 64.3 Å². The van der Waals surface area contributed by atoms with Gasteiger partial charge >= 0.3 is 12.1 Å². The minimum atomic E-state index is -0.517. The lowest BCUT2D eigenvalue weighted by atomic mass is 9.95. The number of carbonyl (C=O) groups excluding carboxylic acids is 4. The molecule has 3 heterocycles. The first kappa shape index (κ1) is 27.7. The van der Waals surface area contributed by atoms with E-state index in [1.807, 2.05) is 25.7 Å². The summed E-state index contributed by atoms with van der Waals surface area (Å²) >= 11 is 0. The molecule has 5 amide bonds. The van der Waals surface area contributed by atoms with E-state index in [2.05, 4.69) is 10.2 Å². The van der Waals surface area contributed by atoms with Crippen molar-refractivity contribution in [3.8, 4) is 5.75 Å². The van der Waals surface area contributed by atoms with Crippen molar-refractivity contribution < 1.29 is 28.7 Å². The van der Waals surface area contributed by atoms with E-state index in [-0.39, 0.29) is 30.9 Å². The Morgan fingerprint density at radius 3 is 2.26 bits per heavy atom. The Morgan fingerprint density at radius 1 is 0.974 bits per heavy atom. The Labute approximate surface area is 224 Å². The summed E-state index contributed by atoms with van der Waals surface area (Å²) in [5, 5.41) is 2.31. The molecule has 1 N–H and O–H groups in total. The number of rotatable bonds is 5. The van der Waals surface area contributed by atoms with Crippen LogP contribution in [0.1, 0.15) is 50.4 Å². The first-order valence-electron chi connectivity index (χ1n) is 13.3. The van der Waals surface area contributed by atoms with E-state index >= 15 is 0 Å². The molecule has 3 fully saturated rings. The molecule has 3 aliphatic heterocycles. The summed E-state index contributed by atoms with van der Waals surface area (Å²) < 4.78 is 10.9. The number of nitrogens with one attached hydrogen (secondary N) is 1. The number of ether oxygens (including phenoxy) is 2. The van der Waals surface area contributed by atoms with Gasteiger partial charge in [-0.2, -0.15) is 0 Å². The van der Waals surface area contributed by atoms with E-state index in [0.717, 1.165) is 32.5 Å². The molecule has 0 saturated carbocycles. The molecule has 0 bridgehead atoms. The first-order chi connectivity index (χ1) is 18.0. The predicted molar refractivity (Wildman–Crippen MR) is 141 cm³/mol. The number of methoxy groups -OCH3 is 1. The highest BCUT2D eigenvalue weighted by molar-refractivity contribution is 6.07. The van der Waals surface area contributed by atoms with Crippen LogP contribution in [0.15, 0.2) is 18.2 Å². The van der Waals surface area contributed by atoms with E-state index in [4.69, 9.17) is 9.47 Å². The van der Waals surface area contributed by atoms with Gasteiger partial charge in [-0.15, -0.1) is 0 Å². The van der Waals surface area contributed by atoms with Gasteiger partial charge in [-0.25, -0.2) is 9.59 Å². The highest BCUT2D eigenvalue weighted by atomic mass is 16.6. The van der Waals surface area contributed by atoms with Crippen molar-refractivity contribution in [3.63, 3.8) is 0 Å². The normalized spacial score (nSPS) is 19.8. The van der Waals surface area contributed by atoms with Crippen molar-refractivity contribution >= 4 is 29.6 Å². The molecular formula is C27H39N5O6. The summed E-state index contributed by atoms with van der Waals surface area (Å²) in [6.07, 6.45) is 1.77. The lowest BCUT2D eigenvalue weighted by Crippen LogP contribution is -2.51. The molecule has 0 atom stereocenters. The first-order valence-corrected chi connectivity index (χ1v) is 13.3. The number of anilines is 1. The SMILES string of the molecule is COc1ccc(C(=O)N2CCC(CN3CCN(C(=O)OC(C)(C)C)CC3)CC2)cc1N1CCC(=O)NC1=O. The fourth-order valence-corrected chi connectivity index (χ4v) is 5.13. The van der Waals surface area contributed by atoms with Crippen molar-refractivity contribution in [2.75, 3.05) is 64.4 Å². The molecule has 208 valence electrons. The van der Waals surface area contributed by atoms with Crippen molar-refractivity contribution in [3.05, 3.63) is 23.8 Å². The van der Waals surface area contributed by atoms with Crippen LogP contribution in [0.5, 0.6) is 5.75 Å². The molecule has 3 aliphatic rings. The molecule has 0 unspecified atom stereocenters. The summed E-state index contributed by atoms with van der Waals surface area (Å²) in [6, 6.07) is 4.56. The molecule has 3 saturated heterocycles. The number of amides is 5. The number of piperidine rings is 1. The van der Waals surface area contributed by atoms with E-state index in [1.54, 1.807) is 23.1 Å². The zero-order valence-corrected chi connectivity index (χ0v) is 22.8. The standard InChI is InChI=1S/C27H39N5O6/c1-27(2,3)38-26(36)31-15-13-29(14-16-31)18-19-7-10-30(11-8-19)24(34)20-5-6-22(37-4)21(17-20)32-12-9-23(33)28-25(32)35/h5-6,17,19H,7-16,18H2,1-4H3,(H,28,33,35). The summed E-state index contributed by atoms with van der Waals surface area (Å²) in [5.74, 6) is 0.571. The zero-order chi connectivity index (χ0) is 27.4. The number of nitrogens with zero attached hydrogens (tertiary/aromatic N) is 4. The highest BCUT2D eigenvalue weighted by Gasteiger charge is 2.31. The number of hydrogen-bond donors (Lipinski definition) is 1. The molecule has 1 aromatic carbocycles. The van der Waals surface area contributed by atoms with Crippen LogP contribution in [0.25, 0.3) is 0 Å². The Morgan fingerprint density at radius 2 is 1.66 bits per heavy atom. The van der Waals surface area contributed by atoms with Gasteiger partial charge < -0.3 is 19.3 Å². The number of benzene rings is 1.